The van der Waals surface area contributed by atoms with Gasteiger partial charge in [0.05, 0.1) is 19.6 Å². The lowest BCUT2D eigenvalue weighted by atomic mass is 10.1. The number of hydrogen-bond donors (Lipinski definition) is 0. The zero-order valence-corrected chi connectivity index (χ0v) is 27.4. The van der Waals surface area contributed by atoms with Crippen molar-refractivity contribution in [3.63, 3.8) is 0 Å². The Labute approximate surface area is 252 Å². The summed E-state index contributed by atoms with van der Waals surface area (Å²) in [7, 11) is 0. The molecule has 1 atom stereocenters. The fourth-order valence-electron chi connectivity index (χ4n) is 4.52. The Hall–Kier alpha value is -1.38. The smallest absolute Gasteiger partial charge is 0.466 e. The van der Waals surface area contributed by atoms with Crippen LogP contribution in [-0.2, 0) is 28.5 Å². The first-order valence-corrected chi connectivity index (χ1v) is 16.9. The van der Waals surface area contributed by atoms with Crippen LogP contribution in [0.2, 0.25) is 0 Å². The van der Waals surface area contributed by atoms with Gasteiger partial charge in [-0.2, -0.15) is 0 Å². The van der Waals surface area contributed by atoms with E-state index < -0.39 is 6.16 Å². The quantitative estimate of drug-likeness (QED) is 0.0470. The molecule has 41 heavy (non-hydrogen) atoms. The lowest BCUT2D eigenvalue weighted by Gasteiger charge is -2.19. The third kappa shape index (κ3) is 26.0. The monoisotopic (exact) mass is 587 g/mol. The van der Waals surface area contributed by atoms with Gasteiger partial charge >= 0.3 is 12.1 Å². The van der Waals surface area contributed by atoms with Crippen LogP contribution in [0.15, 0.2) is 0 Å². The van der Waals surface area contributed by atoms with E-state index in [-0.39, 0.29) is 31.4 Å². The van der Waals surface area contributed by atoms with Crippen LogP contribution in [0.1, 0.15) is 144 Å². The minimum absolute atomic E-state index is 0.203. The molecule has 0 aliphatic heterocycles. The summed E-state index contributed by atoms with van der Waals surface area (Å²) in [6, 6.07) is 0. The Bertz CT molecular complexity index is 568. The van der Waals surface area contributed by atoms with Crippen molar-refractivity contribution in [3.8, 4) is 0 Å². The summed E-state index contributed by atoms with van der Waals surface area (Å²) < 4.78 is 28.1. The molecular formula is C33H65NO7. The third-order valence-corrected chi connectivity index (χ3v) is 7.34. The molecule has 0 aliphatic rings. The van der Waals surface area contributed by atoms with Crippen LogP contribution in [0.3, 0.4) is 0 Å². The summed E-state index contributed by atoms with van der Waals surface area (Å²) in [6.07, 6.45) is 15.7. The molecule has 0 aromatic rings. The normalized spacial score (nSPS) is 12.2. The number of unbranched alkanes of at least 4 members (excludes halogenated alkanes) is 10. The van der Waals surface area contributed by atoms with E-state index >= 15 is 0 Å². The van der Waals surface area contributed by atoms with Crippen LogP contribution in [0.5, 0.6) is 0 Å². The summed E-state index contributed by atoms with van der Waals surface area (Å²) in [6.45, 7) is 15.3. The summed E-state index contributed by atoms with van der Waals surface area (Å²) in [5.74, 6) is -0.282. The lowest BCUT2D eigenvalue weighted by molar-refractivity contribution is -0.159. The van der Waals surface area contributed by atoms with Gasteiger partial charge < -0.3 is 28.6 Å². The minimum atomic E-state index is -0.657. The number of carbonyl (C=O) groups excluding carboxylic acids is 2. The van der Waals surface area contributed by atoms with Gasteiger partial charge in [0.2, 0.25) is 0 Å². The minimum Gasteiger partial charge on any atom is -0.466 e. The molecule has 0 aromatic heterocycles. The number of ether oxygens (including phenoxy) is 5. The van der Waals surface area contributed by atoms with E-state index in [1.165, 1.54) is 51.4 Å². The van der Waals surface area contributed by atoms with Crippen molar-refractivity contribution in [2.24, 2.45) is 0 Å². The molecule has 8 heteroatoms. The van der Waals surface area contributed by atoms with Gasteiger partial charge in [-0.15, -0.1) is 0 Å². The van der Waals surface area contributed by atoms with Crippen molar-refractivity contribution in [2.75, 3.05) is 46.1 Å². The van der Waals surface area contributed by atoms with Crippen LogP contribution in [0.25, 0.3) is 0 Å². The van der Waals surface area contributed by atoms with Gasteiger partial charge in [0.15, 0.2) is 6.29 Å². The van der Waals surface area contributed by atoms with E-state index in [9.17, 15) is 9.59 Å². The molecule has 0 radical (unpaired) electrons. The highest BCUT2D eigenvalue weighted by Crippen LogP contribution is 2.13. The van der Waals surface area contributed by atoms with Gasteiger partial charge in [-0.05, 0) is 38.8 Å². The molecule has 244 valence electrons. The zero-order valence-electron chi connectivity index (χ0n) is 27.4. The zero-order chi connectivity index (χ0) is 30.4. The first-order valence-electron chi connectivity index (χ1n) is 16.9. The average Bonchev–Trinajstić information content (AvgIpc) is 2.98. The van der Waals surface area contributed by atoms with Crippen molar-refractivity contribution in [2.45, 2.75) is 156 Å². The second-order valence-corrected chi connectivity index (χ2v) is 10.9. The van der Waals surface area contributed by atoms with E-state index in [4.69, 9.17) is 23.7 Å². The molecule has 1 unspecified atom stereocenters. The Kier molecular flexibility index (Phi) is 29.1. The molecule has 8 nitrogen and oxygen atoms in total. The summed E-state index contributed by atoms with van der Waals surface area (Å²) in [4.78, 5) is 26.7. The molecule has 0 fully saturated rings. The van der Waals surface area contributed by atoms with Crippen LogP contribution < -0.4 is 0 Å². The molecule has 0 rings (SSSR count). The fourth-order valence-corrected chi connectivity index (χ4v) is 4.52. The number of nitrogens with zero attached hydrogens (tertiary/aromatic N) is 1. The first kappa shape index (κ1) is 39.6. The topological polar surface area (TPSA) is 83.5 Å². The summed E-state index contributed by atoms with van der Waals surface area (Å²) in [5.41, 5.74) is 0. The van der Waals surface area contributed by atoms with Gasteiger partial charge in [-0.25, -0.2) is 4.79 Å². The maximum Gasteiger partial charge on any atom is 0.508 e. The van der Waals surface area contributed by atoms with E-state index in [0.717, 1.165) is 51.7 Å². The second kappa shape index (κ2) is 30.1. The third-order valence-electron chi connectivity index (χ3n) is 7.34. The molecule has 0 saturated carbocycles. The van der Waals surface area contributed by atoms with Gasteiger partial charge in [-0.1, -0.05) is 98.8 Å². The van der Waals surface area contributed by atoms with E-state index in [1.807, 2.05) is 6.92 Å². The number of esters is 1. The summed E-state index contributed by atoms with van der Waals surface area (Å²) >= 11 is 0. The van der Waals surface area contributed by atoms with E-state index in [2.05, 4.69) is 32.6 Å². The molecular weight excluding hydrogens is 522 g/mol. The Balaban J connectivity index is 4.28. The van der Waals surface area contributed by atoms with Crippen molar-refractivity contribution in [3.05, 3.63) is 0 Å². The maximum absolute atomic E-state index is 12.4. The molecule has 0 aliphatic carbocycles. The van der Waals surface area contributed by atoms with Gasteiger partial charge in [-0.3, -0.25) is 4.79 Å². The fraction of sp³-hybridized carbons (Fsp3) is 0.939. The maximum atomic E-state index is 12.4. The molecule has 0 bridgehead atoms. The predicted molar refractivity (Wildman–Crippen MR) is 166 cm³/mol. The van der Waals surface area contributed by atoms with E-state index in [0.29, 0.717) is 39.1 Å². The Morgan fingerprint density at radius 3 is 1.71 bits per heavy atom. The number of rotatable bonds is 30. The standard InChI is InChI=1S/C33H65NO7/c1-6-11-13-15-17-19-26-38-32(39-27-20-18-16-14-12-7-2)23-22-31(35)37-29-24-30(8-3)41-33(36)40-28-21-25-34(9-4)10-5/h30,32H,6-29H2,1-5H3. The van der Waals surface area contributed by atoms with Crippen molar-refractivity contribution >= 4 is 12.1 Å². The average molecular weight is 588 g/mol. The second-order valence-electron chi connectivity index (χ2n) is 10.9. The Morgan fingerprint density at radius 1 is 0.610 bits per heavy atom. The van der Waals surface area contributed by atoms with Gasteiger partial charge in [0, 0.05) is 32.6 Å². The molecule has 0 spiro atoms. The highest BCUT2D eigenvalue weighted by Gasteiger charge is 2.17. The number of hydrogen-bond acceptors (Lipinski definition) is 8. The van der Waals surface area contributed by atoms with Crippen LogP contribution >= 0.6 is 0 Å². The lowest BCUT2D eigenvalue weighted by Crippen LogP contribution is -2.26. The van der Waals surface area contributed by atoms with Crippen molar-refractivity contribution in [1.29, 1.82) is 0 Å². The highest BCUT2D eigenvalue weighted by atomic mass is 16.7. The van der Waals surface area contributed by atoms with Crippen LogP contribution in [-0.4, -0.2) is 75.5 Å². The Morgan fingerprint density at radius 2 is 1.17 bits per heavy atom. The first-order chi connectivity index (χ1) is 20.0. The van der Waals surface area contributed by atoms with Crippen molar-refractivity contribution in [1.82, 2.24) is 4.90 Å². The van der Waals surface area contributed by atoms with Crippen LogP contribution in [0.4, 0.5) is 4.79 Å². The molecule has 0 aromatic carbocycles. The molecule has 0 N–H and O–H groups in total. The van der Waals surface area contributed by atoms with E-state index in [1.54, 1.807) is 0 Å². The van der Waals surface area contributed by atoms with Gasteiger partial charge in [0.25, 0.3) is 0 Å². The largest absolute Gasteiger partial charge is 0.508 e. The summed E-state index contributed by atoms with van der Waals surface area (Å²) in [5, 5.41) is 0. The van der Waals surface area contributed by atoms with Crippen molar-refractivity contribution < 1.29 is 33.3 Å². The predicted octanol–water partition coefficient (Wildman–Crippen LogP) is 8.44. The molecule has 0 saturated heterocycles. The van der Waals surface area contributed by atoms with Gasteiger partial charge in [0.1, 0.15) is 6.10 Å². The number of carbonyl (C=O) groups is 2. The molecule has 0 amide bonds. The SMILES string of the molecule is CCCCCCCCOC(CCC(=O)OCCC(CC)OC(=O)OCCCN(CC)CC)OCCCCCCCC. The van der Waals surface area contributed by atoms with Crippen LogP contribution in [0, 0.1) is 0 Å². The molecule has 0 heterocycles. The highest BCUT2D eigenvalue weighted by molar-refractivity contribution is 5.69.